The van der Waals surface area contributed by atoms with Crippen molar-refractivity contribution in [3.63, 3.8) is 0 Å². The van der Waals surface area contributed by atoms with E-state index in [0.717, 1.165) is 6.42 Å². The van der Waals surface area contributed by atoms with Gasteiger partial charge in [-0.15, -0.1) is 0 Å². The second kappa shape index (κ2) is 8.35. The van der Waals surface area contributed by atoms with E-state index in [9.17, 15) is 20.1 Å². The van der Waals surface area contributed by atoms with Crippen LogP contribution < -0.4 is 10.2 Å². The van der Waals surface area contributed by atoms with Crippen LogP contribution in [0.25, 0.3) is 22.3 Å². The molecule has 2 aromatic carbocycles. The standard InChI is InChI=1S/C22H24O6/c1-13(2)3-4-15(23)12-27-18-5-6-19-20(26)11-21(28-22(19)10-18)14-7-16(24)9-17(25)8-14/h5-11,13,15,23-25H,3-4,12H2,1-2H3. The number of fused-ring (bicyclic) bond motifs is 1. The van der Waals surface area contributed by atoms with Crippen molar-refractivity contribution in [3.05, 3.63) is 52.7 Å². The van der Waals surface area contributed by atoms with E-state index in [1.165, 1.54) is 24.3 Å². The molecule has 3 rings (SSSR count). The Morgan fingerprint density at radius 3 is 2.39 bits per heavy atom. The smallest absolute Gasteiger partial charge is 0.193 e. The molecule has 0 amide bonds. The van der Waals surface area contributed by atoms with Gasteiger partial charge in [0.25, 0.3) is 0 Å². The first-order chi connectivity index (χ1) is 13.3. The van der Waals surface area contributed by atoms with E-state index < -0.39 is 6.10 Å². The third-order valence-corrected chi connectivity index (χ3v) is 4.41. The van der Waals surface area contributed by atoms with Crippen LogP contribution in [-0.4, -0.2) is 28.0 Å². The normalized spacial score (nSPS) is 12.4. The Bertz CT molecular complexity index is 1000. The lowest BCUT2D eigenvalue weighted by molar-refractivity contribution is 0.0950. The number of hydrogen-bond acceptors (Lipinski definition) is 6. The quantitative estimate of drug-likeness (QED) is 0.568. The molecule has 0 aliphatic rings. The van der Waals surface area contributed by atoms with Gasteiger partial charge < -0.3 is 24.5 Å². The van der Waals surface area contributed by atoms with Crippen LogP contribution in [0.4, 0.5) is 0 Å². The number of rotatable bonds is 7. The van der Waals surface area contributed by atoms with Crippen LogP contribution in [0.5, 0.6) is 17.2 Å². The van der Waals surface area contributed by atoms with Crippen molar-refractivity contribution in [2.45, 2.75) is 32.8 Å². The summed E-state index contributed by atoms with van der Waals surface area (Å²) in [7, 11) is 0. The SMILES string of the molecule is CC(C)CCC(O)COc1ccc2c(=O)cc(-c3cc(O)cc(O)c3)oc2c1. The number of phenolic OH excluding ortho intramolecular Hbond substituents is 2. The van der Waals surface area contributed by atoms with Crippen LogP contribution in [0.2, 0.25) is 0 Å². The Hall–Kier alpha value is -2.99. The molecule has 1 heterocycles. The molecule has 0 fully saturated rings. The molecule has 0 saturated heterocycles. The highest BCUT2D eigenvalue weighted by Gasteiger charge is 2.11. The fourth-order valence-electron chi connectivity index (χ4n) is 2.91. The number of phenols is 2. The van der Waals surface area contributed by atoms with Crippen molar-refractivity contribution in [1.82, 2.24) is 0 Å². The Morgan fingerprint density at radius 2 is 1.71 bits per heavy atom. The first kappa shape index (κ1) is 19.8. The minimum absolute atomic E-state index is 0.134. The van der Waals surface area contributed by atoms with E-state index in [4.69, 9.17) is 9.15 Å². The van der Waals surface area contributed by atoms with E-state index in [1.807, 2.05) is 0 Å². The summed E-state index contributed by atoms with van der Waals surface area (Å²) >= 11 is 0. The van der Waals surface area contributed by atoms with Gasteiger partial charge >= 0.3 is 0 Å². The number of benzene rings is 2. The van der Waals surface area contributed by atoms with Gasteiger partial charge in [0.15, 0.2) is 5.43 Å². The lowest BCUT2D eigenvalue weighted by atomic mass is 10.1. The third kappa shape index (κ3) is 4.84. The molecule has 0 bridgehead atoms. The average Bonchev–Trinajstić information content (AvgIpc) is 2.63. The molecule has 1 aromatic heterocycles. The molecule has 148 valence electrons. The fraction of sp³-hybridized carbons (Fsp3) is 0.318. The van der Waals surface area contributed by atoms with Gasteiger partial charge in [-0.05, 0) is 43.0 Å². The highest BCUT2D eigenvalue weighted by Crippen LogP contribution is 2.30. The molecule has 1 atom stereocenters. The molecule has 0 aliphatic carbocycles. The fourth-order valence-corrected chi connectivity index (χ4v) is 2.91. The minimum atomic E-state index is -0.563. The second-order valence-corrected chi connectivity index (χ2v) is 7.31. The lowest BCUT2D eigenvalue weighted by Crippen LogP contribution is -2.18. The van der Waals surface area contributed by atoms with Crippen LogP contribution in [0, 0.1) is 5.92 Å². The van der Waals surface area contributed by atoms with Crippen LogP contribution in [0.1, 0.15) is 26.7 Å². The lowest BCUT2D eigenvalue weighted by Gasteiger charge is -2.13. The van der Waals surface area contributed by atoms with Crippen LogP contribution >= 0.6 is 0 Å². The Kier molecular flexibility index (Phi) is 5.90. The molecule has 0 saturated carbocycles. The maximum absolute atomic E-state index is 12.4. The molecule has 0 radical (unpaired) electrons. The maximum Gasteiger partial charge on any atom is 0.193 e. The number of ether oxygens (including phenoxy) is 1. The Morgan fingerprint density at radius 1 is 1.00 bits per heavy atom. The molecule has 6 nitrogen and oxygen atoms in total. The highest BCUT2D eigenvalue weighted by molar-refractivity contribution is 5.80. The number of hydrogen-bond donors (Lipinski definition) is 3. The number of aliphatic hydroxyl groups excluding tert-OH is 1. The molecule has 0 aliphatic heterocycles. The number of aromatic hydroxyl groups is 2. The molecule has 28 heavy (non-hydrogen) atoms. The third-order valence-electron chi connectivity index (χ3n) is 4.41. The van der Waals surface area contributed by atoms with Crippen LogP contribution in [-0.2, 0) is 0 Å². The van der Waals surface area contributed by atoms with Gasteiger partial charge in [-0.25, -0.2) is 0 Å². The van der Waals surface area contributed by atoms with E-state index in [2.05, 4.69) is 13.8 Å². The van der Waals surface area contributed by atoms with Gasteiger partial charge in [0.05, 0.1) is 11.5 Å². The highest BCUT2D eigenvalue weighted by atomic mass is 16.5. The predicted molar refractivity (Wildman–Crippen MR) is 107 cm³/mol. The maximum atomic E-state index is 12.4. The van der Waals surface area contributed by atoms with Gasteiger partial charge in [0, 0.05) is 23.8 Å². The molecule has 3 N–H and O–H groups in total. The van der Waals surface area contributed by atoms with Gasteiger partial charge in [0.1, 0.15) is 35.2 Å². The molecular weight excluding hydrogens is 360 g/mol. The zero-order valence-electron chi connectivity index (χ0n) is 15.9. The van der Waals surface area contributed by atoms with Crippen LogP contribution in [0.15, 0.2) is 51.7 Å². The summed E-state index contributed by atoms with van der Waals surface area (Å²) < 4.78 is 11.4. The van der Waals surface area contributed by atoms with Gasteiger partial charge in [-0.3, -0.25) is 4.79 Å². The largest absolute Gasteiger partial charge is 0.508 e. The summed E-state index contributed by atoms with van der Waals surface area (Å²) in [6, 6.07) is 10.2. The van der Waals surface area contributed by atoms with Crippen molar-refractivity contribution >= 4 is 11.0 Å². The second-order valence-electron chi connectivity index (χ2n) is 7.31. The average molecular weight is 384 g/mol. The van der Waals surface area contributed by atoms with Crippen molar-refractivity contribution in [2.75, 3.05) is 6.61 Å². The monoisotopic (exact) mass is 384 g/mol. The van der Waals surface area contributed by atoms with Crippen molar-refractivity contribution in [2.24, 2.45) is 5.92 Å². The molecule has 1 unspecified atom stereocenters. The van der Waals surface area contributed by atoms with E-state index >= 15 is 0 Å². The number of aliphatic hydroxyl groups is 1. The summed E-state index contributed by atoms with van der Waals surface area (Å²) in [5.41, 5.74) is 0.453. The molecule has 6 heteroatoms. The van der Waals surface area contributed by atoms with E-state index in [0.29, 0.717) is 34.6 Å². The summed E-state index contributed by atoms with van der Waals surface area (Å²) in [5, 5.41) is 29.7. The molecular formula is C22H24O6. The van der Waals surface area contributed by atoms with Gasteiger partial charge in [0.2, 0.25) is 0 Å². The first-order valence-electron chi connectivity index (χ1n) is 9.24. The summed E-state index contributed by atoms with van der Waals surface area (Å²) in [4.78, 5) is 12.4. The van der Waals surface area contributed by atoms with Gasteiger partial charge in [-0.2, -0.15) is 0 Å². The van der Waals surface area contributed by atoms with Crippen molar-refractivity contribution in [3.8, 4) is 28.6 Å². The predicted octanol–water partition coefficient (Wildman–Crippen LogP) is 4.05. The van der Waals surface area contributed by atoms with Crippen LogP contribution in [0.3, 0.4) is 0 Å². The van der Waals surface area contributed by atoms with Crippen molar-refractivity contribution in [1.29, 1.82) is 0 Å². The summed E-state index contributed by atoms with van der Waals surface area (Å²) in [6.07, 6.45) is 1.01. The van der Waals surface area contributed by atoms with E-state index in [-0.39, 0.29) is 29.3 Å². The molecule has 0 spiro atoms. The zero-order valence-corrected chi connectivity index (χ0v) is 15.9. The van der Waals surface area contributed by atoms with E-state index in [1.54, 1.807) is 18.2 Å². The van der Waals surface area contributed by atoms with Crippen molar-refractivity contribution < 1.29 is 24.5 Å². The van der Waals surface area contributed by atoms with Gasteiger partial charge in [-0.1, -0.05) is 13.8 Å². The Balaban J connectivity index is 1.85. The summed E-state index contributed by atoms with van der Waals surface area (Å²) in [5.74, 6) is 0.947. The summed E-state index contributed by atoms with van der Waals surface area (Å²) in [6.45, 7) is 4.36. The first-order valence-corrected chi connectivity index (χ1v) is 9.24. The topological polar surface area (TPSA) is 100 Å². The zero-order chi connectivity index (χ0) is 20.3. The molecule has 3 aromatic rings. The minimum Gasteiger partial charge on any atom is -0.508 e. The Labute approximate surface area is 162 Å².